The summed E-state index contributed by atoms with van der Waals surface area (Å²) < 4.78 is 0. The molecule has 0 amide bonds. The van der Waals surface area contributed by atoms with E-state index in [1.54, 1.807) is 0 Å². The molecule has 0 saturated carbocycles. The van der Waals surface area contributed by atoms with Crippen molar-refractivity contribution in [3.8, 4) is 0 Å². The van der Waals surface area contributed by atoms with Crippen molar-refractivity contribution in [2.75, 3.05) is 6.54 Å². The molecule has 0 saturated heterocycles. The Labute approximate surface area is 43.7 Å². The quantitative estimate of drug-likeness (QED) is 0.469. The van der Waals surface area contributed by atoms with E-state index < -0.39 is 0 Å². The number of allylic oxidation sites excluding steroid dienone is 2. The summed E-state index contributed by atoms with van der Waals surface area (Å²) in [6, 6.07) is 0. The third-order valence-electron chi connectivity index (χ3n) is 0.855. The van der Waals surface area contributed by atoms with E-state index in [9.17, 15) is 0 Å². The number of hydrogen-bond acceptors (Lipinski definition) is 1. The minimum atomic E-state index is 0.943. The molecule has 1 heteroatoms. The minimum Gasteiger partial charge on any atom is -0.387 e. The Morgan fingerprint density at radius 2 is 2.57 bits per heavy atom. The molecule has 0 aromatic carbocycles. The van der Waals surface area contributed by atoms with Gasteiger partial charge in [0.1, 0.15) is 0 Å². The Balaban J connectivity index is 2.58. The molecule has 0 spiro atoms. The highest BCUT2D eigenvalue weighted by Gasteiger charge is 1.84. The first-order chi connectivity index (χ1) is 3.39. The van der Waals surface area contributed by atoms with Gasteiger partial charge in [-0.3, -0.25) is 0 Å². The van der Waals surface area contributed by atoms with E-state index in [2.05, 4.69) is 12.2 Å². The monoisotopic (exact) mass is 94.1 g/mol. The Hall–Kier alpha value is -0.720. The van der Waals surface area contributed by atoms with Crippen LogP contribution in [0.25, 0.3) is 0 Å². The first-order valence-electron chi connectivity index (χ1n) is 2.31. The predicted molar refractivity (Wildman–Crippen MR) is 30.6 cm³/mol. The van der Waals surface area contributed by atoms with Gasteiger partial charge in [-0.05, 0) is 18.7 Å². The van der Waals surface area contributed by atoms with Crippen LogP contribution in [0.2, 0.25) is 0 Å². The van der Waals surface area contributed by atoms with Crippen LogP contribution in [0, 0.1) is 6.92 Å². The second kappa shape index (κ2) is 1.82. The molecule has 0 aromatic heterocycles. The van der Waals surface area contributed by atoms with Gasteiger partial charge in [-0.25, -0.2) is 0 Å². The van der Waals surface area contributed by atoms with Gasteiger partial charge in [-0.15, -0.1) is 0 Å². The topological polar surface area (TPSA) is 12.0 Å². The number of dihydropyridines is 1. The third-order valence-corrected chi connectivity index (χ3v) is 0.855. The van der Waals surface area contributed by atoms with Crippen molar-refractivity contribution in [1.29, 1.82) is 0 Å². The van der Waals surface area contributed by atoms with Gasteiger partial charge in [0.25, 0.3) is 0 Å². The molecule has 0 atom stereocenters. The average molecular weight is 94.1 g/mol. The lowest BCUT2D eigenvalue weighted by Gasteiger charge is -2.00. The van der Waals surface area contributed by atoms with Gasteiger partial charge in [0.05, 0.1) is 0 Å². The highest BCUT2D eigenvalue weighted by atomic mass is 14.8. The Kier molecular flexibility index (Phi) is 1.16. The maximum atomic E-state index is 3.71. The molecule has 1 heterocycles. The number of nitrogens with one attached hydrogen (secondary N) is 1. The van der Waals surface area contributed by atoms with Gasteiger partial charge in [-0.2, -0.15) is 0 Å². The molecule has 1 N–H and O–H groups in total. The molecule has 37 valence electrons. The van der Waals surface area contributed by atoms with Crippen LogP contribution in [0.5, 0.6) is 0 Å². The molecule has 0 fully saturated rings. The molecular formula is C6H8N. The van der Waals surface area contributed by atoms with Crippen LogP contribution in [-0.4, -0.2) is 6.54 Å². The first kappa shape index (κ1) is 4.44. The molecule has 1 rings (SSSR count). The van der Waals surface area contributed by atoms with Crippen molar-refractivity contribution >= 4 is 0 Å². The summed E-state index contributed by atoms with van der Waals surface area (Å²) in [5, 5.41) is 3.02. The fourth-order valence-electron chi connectivity index (χ4n) is 0.516. The van der Waals surface area contributed by atoms with Gasteiger partial charge < -0.3 is 5.32 Å². The molecular weight excluding hydrogens is 86.1 g/mol. The summed E-state index contributed by atoms with van der Waals surface area (Å²) in [5.41, 5.74) is 1.05. The fraction of sp³-hybridized carbons (Fsp3) is 0.167. The summed E-state index contributed by atoms with van der Waals surface area (Å²) in [6.07, 6.45) is 5.94. The summed E-state index contributed by atoms with van der Waals surface area (Å²) in [6.45, 7) is 4.65. The van der Waals surface area contributed by atoms with Crippen LogP contribution in [-0.2, 0) is 0 Å². The standard InChI is InChI=1S/C6H8N/c1-6-3-2-4-7-5-6/h2-3,5,7H,1,4H2. The zero-order chi connectivity index (χ0) is 5.11. The zero-order valence-electron chi connectivity index (χ0n) is 4.15. The highest BCUT2D eigenvalue weighted by Crippen LogP contribution is 1.94. The molecule has 1 aliphatic rings. The zero-order valence-corrected chi connectivity index (χ0v) is 4.15. The lowest BCUT2D eigenvalue weighted by atomic mass is 10.2. The number of hydrogen-bond donors (Lipinski definition) is 1. The van der Waals surface area contributed by atoms with Gasteiger partial charge in [-0.1, -0.05) is 12.2 Å². The van der Waals surface area contributed by atoms with Crippen LogP contribution >= 0.6 is 0 Å². The van der Waals surface area contributed by atoms with E-state index in [1.165, 1.54) is 0 Å². The average Bonchev–Trinajstić information content (AvgIpc) is 1.69. The van der Waals surface area contributed by atoms with Crippen LogP contribution < -0.4 is 5.32 Å². The molecule has 0 bridgehead atoms. The van der Waals surface area contributed by atoms with Crippen molar-refractivity contribution < 1.29 is 0 Å². The van der Waals surface area contributed by atoms with Crippen molar-refractivity contribution in [2.45, 2.75) is 0 Å². The Bertz CT molecular complexity index is 111. The highest BCUT2D eigenvalue weighted by molar-refractivity contribution is 5.23. The van der Waals surface area contributed by atoms with Gasteiger partial charge >= 0.3 is 0 Å². The SMILES string of the molecule is [CH2]C1=CNCC=C1. The van der Waals surface area contributed by atoms with Crippen LogP contribution in [0.4, 0.5) is 0 Å². The van der Waals surface area contributed by atoms with E-state index in [1.807, 2.05) is 18.4 Å². The predicted octanol–water partition coefficient (Wildman–Crippen LogP) is 0.864. The summed E-state index contributed by atoms with van der Waals surface area (Å²) in [4.78, 5) is 0. The molecule has 1 nitrogen and oxygen atoms in total. The van der Waals surface area contributed by atoms with E-state index in [0.717, 1.165) is 12.1 Å². The molecule has 1 aliphatic heterocycles. The second-order valence-electron chi connectivity index (χ2n) is 1.53. The lowest BCUT2D eigenvalue weighted by Crippen LogP contribution is -2.07. The van der Waals surface area contributed by atoms with Crippen LogP contribution in [0.15, 0.2) is 23.9 Å². The van der Waals surface area contributed by atoms with Crippen molar-refractivity contribution in [3.05, 3.63) is 30.8 Å². The summed E-state index contributed by atoms with van der Waals surface area (Å²) in [7, 11) is 0. The molecule has 0 unspecified atom stereocenters. The fourth-order valence-corrected chi connectivity index (χ4v) is 0.516. The summed E-state index contributed by atoms with van der Waals surface area (Å²) >= 11 is 0. The Morgan fingerprint density at radius 1 is 1.71 bits per heavy atom. The smallest absolute Gasteiger partial charge is 0.0328 e. The lowest BCUT2D eigenvalue weighted by molar-refractivity contribution is 0.962. The largest absolute Gasteiger partial charge is 0.387 e. The normalized spacial score (nSPS) is 18.1. The minimum absolute atomic E-state index is 0.943. The van der Waals surface area contributed by atoms with Crippen molar-refractivity contribution in [2.24, 2.45) is 0 Å². The Morgan fingerprint density at radius 3 is 2.86 bits per heavy atom. The van der Waals surface area contributed by atoms with Gasteiger partial charge in [0.2, 0.25) is 0 Å². The molecule has 1 radical (unpaired) electrons. The van der Waals surface area contributed by atoms with E-state index >= 15 is 0 Å². The second-order valence-corrected chi connectivity index (χ2v) is 1.53. The van der Waals surface area contributed by atoms with Crippen molar-refractivity contribution in [3.63, 3.8) is 0 Å². The van der Waals surface area contributed by atoms with Crippen LogP contribution in [0.1, 0.15) is 0 Å². The van der Waals surface area contributed by atoms with E-state index in [-0.39, 0.29) is 0 Å². The van der Waals surface area contributed by atoms with Crippen LogP contribution in [0.3, 0.4) is 0 Å². The van der Waals surface area contributed by atoms with Gasteiger partial charge in [0, 0.05) is 6.54 Å². The van der Waals surface area contributed by atoms with Crippen molar-refractivity contribution in [1.82, 2.24) is 5.32 Å². The maximum Gasteiger partial charge on any atom is 0.0328 e. The maximum absolute atomic E-state index is 3.71. The molecule has 0 aromatic rings. The van der Waals surface area contributed by atoms with E-state index in [4.69, 9.17) is 0 Å². The third kappa shape index (κ3) is 1.07. The molecule has 0 aliphatic carbocycles. The number of rotatable bonds is 0. The summed E-state index contributed by atoms with van der Waals surface area (Å²) in [5.74, 6) is 0. The van der Waals surface area contributed by atoms with Gasteiger partial charge in [0.15, 0.2) is 0 Å². The molecule has 7 heavy (non-hydrogen) atoms. The first-order valence-corrected chi connectivity index (χ1v) is 2.31. The van der Waals surface area contributed by atoms with E-state index in [0.29, 0.717) is 0 Å².